The van der Waals surface area contributed by atoms with Gasteiger partial charge in [-0.05, 0) is 30.2 Å². The molecule has 0 heterocycles. The minimum atomic E-state index is -1.74. The molecule has 0 amide bonds. The molecule has 5 rings (SSSR count). The molecular formula is C29H20N2O6. The average molecular weight is 492 g/mol. The molecule has 0 saturated heterocycles. The molecule has 3 aromatic carbocycles. The number of rotatable bonds is 5. The molecule has 2 atom stereocenters. The minimum absolute atomic E-state index is 0.0909. The van der Waals surface area contributed by atoms with Gasteiger partial charge in [-0.3, -0.25) is 19.7 Å². The van der Waals surface area contributed by atoms with Gasteiger partial charge in [0.15, 0.2) is 11.6 Å². The summed E-state index contributed by atoms with van der Waals surface area (Å²) in [6.45, 7) is 1.75. The number of nitro groups is 1. The zero-order chi connectivity index (χ0) is 26.3. The second-order valence-electron chi connectivity index (χ2n) is 8.93. The summed E-state index contributed by atoms with van der Waals surface area (Å²) >= 11 is 0. The van der Waals surface area contributed by atoms with Crippen molar-refractivity contribution in [3.63, 3.8) is 0 Å². The molecule has 0 aliphatic heterocycles. The number of nitro benzene ring substituents is 1. The Morgan fingerprint density at radius 2 is 1.54 bits per heavy atom. The topological polar surface area (TPSA) is 127 Å². The number of esters is 1. The van der Waals surface area contributed by atoms with Crippen molar-refractivity contribution in [3.8, 4) is 6.07 Å². The summed E-state index contributed by atoms with van der Waals surface area (Å²) in [5.41, 5.74) is 0.311. The minimum Gasteiger partial charge on any atom is -0.463 e. The maximum absolute atomic E-state index is 14.0. The highest BCUT2D eigenvalue weighted by Gasteiger charge is 2.63. The van der Waals surface area contributed by atoms with Crippen LogP contribution in [0, 0.1) is 26.9 Å². The number of fused-ring (bicyclic) bond motifs is 1. The number of hydrogen-bond acceptors (Lipinski definition) is 7. The van der Waals surface area contributed by atoms with Gasteiger partial charge < -0.3 is 4.74 Å². The number of carbonyl (C=O) groups excluding carboxylic acids is 3. The average Bonchev–Trinajstić information content (AvgIpc) is 3.39. The van der Waals surface area contributed by atoms with E-state index in [1.165, 1.54) is 30.3 Å². The van der Waals surface area contributed by atoms with E-state index in [2.05, 4.69) is 6.07 Å². The van der Waals surface area contributed by atoms with Gasteiger partial charge in [0.05, 0.1) is 23.2 Å². The SMILES string of the molecule is CCOC(=O)C1=CC2(C(=O)c3ccccc3C2=O)[C@H](c2ccc([N+](=O)[O-])cc2)[C@H]1c1ccc(C#N)cc1. The number of ether oxygens (including phenoxy) is 1. The first-order valence-corrected chi connectivity index (χ1v) is 11.7. The molecule has 37 heavy (non-hydrogen) atoms. The van der Waals surface area contributed by atoms with Gasteiger partial charge in [0.25, 0.3) is 5.69 Å². The Kier molecular flexibility index (Phi) is 5.76. The van der Waals surface area contributed by atoms with Crippen LogP contribution in [0.15, 0.2) is 84.4 Å². The Morgan fingerprint density at radius 1 is 0.973 bits per heavy atom. The van der Waals surface area contributed by atoms with Crippen LogP contribution in [-0.4, -0.2) is 29.1 Å². The first-order chi connectivity index (χ1) is 17.8. The van der Waals surface area contributed by atoms with E-state index in [-0.39, 0.29) is 29.0 Å². The van der Waals surface area contributed by atoms with Crippen LogP contribution in [0.1, 0.15) is 56.2 Å². The van der Waals surface area contributed by atoms with Crippen molar-refractivity contribution in [2.24, 2.45) is 5.41 Å². The quantitative estimate of drug-likeness (QED) is 0.214. The van der Waals surface area contributed by atoms with Crippen molar-refractivity contribution in [1.29, 1.82) is 5.26 Å². The number of nitrogens with zero attached hydrogens (tertiary/aromatic N) is 2. The van der Waals surface area contributed by atoms with Gasteiger partial charge in [-0.25, -0.2) is 4.79 Å². The number of benzene rings is 3. The second-order valence-corrected chi connectivity index (χ2v) is 8.93. The molecular weight excluding hydrogens is 472 g/mol. The summed E-state index contributed by atoms with van der Waals surface area (Å²) in [5, 5.41) is 20.6. The maximum atomic E-state index is 14.0. The van der Waals surface area contributed by atoms with Crippen molar-refractivity contribution in [2.45, 2.75) is 18.8 Å². The molecule has 0 bridgehead atoms. The number of Topliss-reactive ketones (excluding diaryl/α,β-unsaturated/α-hetero) is 2. The fraction of sp³-hybridized carbons (Fsp3) is 0.172. The van der Waals surface area contributed by atoms with Crippen LogP contribution in [0.3, 0.4) is 0 Å². The van der Waals surface area contributed by atoms with Crippen molar-refractivity contribution in [1.82, 2.24) is 0 Å². The molecule has 2 aliphatic rings. The van der Waals surface area contributed by atoms with Crippen molar-refractivity contribution >= 4 is 23.2 Å². The largest absolute Gasteiger partial charge is 0.463 e. The smallest absolute Gasteiger partial charge is 0.334 e. The number of hydrogen-bond donors (Lipinski definition) is 0. The summed E-state index contributed by atoms with van der Waals surface area (Å²) in [4.78, 5) is 52.1. The van der Waals surface area contributed by atoms with E-state index in [1.807, 2.05) is 0 Å². The molecule has 0 fully saturated rings. The Balaban J connectivity index is 1.78. The van der Waals surface area contributed by atoms with Crippen LogP contribution >= 0.6 is 0 Å². The molecule has 8 heteroatoms. The van der Waals surface area contributed by atoms with Gasteiger partial charge in [0.1, 0.15) is 5.41 Å². The lowest BCUT2D eigenvalue weighted by Gasteiger charge is -2.32. The van der Waals surface area contributed by atoms with Gasteiger partial charge in [0, 0.05) is 40.7 Å². The standard InChI is InChI=1S/C29H20N2O6/c1-2-37-28(34)23-15-29(26(32)21-5-3-4-6-22(21)27(29)33)25(19-11-13-20(14-12-19)31(35)36)24(23)18-9-7-17(16-30)8-10-18/h3-15,24-25H,2H2,1H3/t24-,25+/m0/s1. The fourth-order valence-electron chi connectivity index (χ4n) is 5.50. The van der Waals surface area contributed by atoms with Gasteiger partial charge in [-0.1, -0.05) is 54.6 Å². The molecule has 0 radical (unpaired) electrons. The zero-order valence-electron chi connectivity index (χ0n) is 19.7. The van der Waals surface area contributed by atoms with E-state index < -0.39 is 39.7 Å². The predicted octanol–water partition coefficient (Wildman–Crippen LogP) is 4.90. The molecule has 0 saturated carbocycles. The molecule has 1 spiro atoms. The highest BCUT2D eigenvalue weighted by atomic mass is 16.6. The molecule has 3 aromatic rings. The molecule has 0 unspecified atom stereocenters. The van der Waals surface area contributed by atoms with Crippen molar-refractivity contribution in [3.05, 3.63) is 122 Å². The van der Waals surface area contributed by atoms with Crippen molar-refractivity contribution in [2.75, 3.05) is 6.61 Å². The third-order valence-electron chi connectivity index (χ3n) is 7.08. The summed E-state index contributed by atoms with van der Waals surface area (Å²) < 4.78 is 5.34. The Morgan fingerprint density at radius 3 is 2.05 bits per heavy atom. The van der Waals surface area contributed by atoms with Crippen LogP contribution in [0.25, 0.3) is 0 Å². The first kappa shape index (κ1) is 23.8. The highest BCUT2D eigenvalue weighted by molar-refractivity contribution is 6.32. The lowest BCUT2D eigenvalue weighted by atomic mass is 9.66. The molecule has 182 valence electrons. The summed E-state index contributed by atoms with van der Waals surface area (Å²) in [5.74, 6) is -3.19. The molecule has 2 aliphatic carbocycles. The molecule has 8 nitrogen and oxygen atoms in total. The maximum Gasteiger partial charge on any atom is 0.334 e. The third-order valence-corrected chi connectivity index (χ3v) is 7.08. The van der Waals surface area contributed by atoms with Crippen LogP contribution in [0.4, 0.5) is 5.69 Å². The normalized spacial score (nSPS) is 19.3. The Bertz CT molecular complexity index is 1490. The van der Waals surface area contributed by atoms with Crippen LogP contribution < -0.4 is 0 Å². The van der Waals surface area contributed by atoms with Gasteiger partial charge in [-0.15, -0.1) is 0 Å². The summed E-state index contributed by atoms with van der Waals surface area (Å²) in [6, 6.07) is 20.8. The van der Waals surface area contributed by atoms with E-state index in [0.717, 1.165) is 0 Å². The van der Waals surface area contributed by atoms with E-state index in [1.54, 1.807) is 55.5 Å². The molecule has 0 aromatic heterocycles. The number of non-ortho nitro benzene ring substituents is 1. The van der Waals surface area contributed by atoms with Gasteiger partial charge in [0.2, 0.25) is 0 Å². The van der Waals surface area contributed by atoms with Crippen molar-refractivity contribution < 1.29 is 24.0 Å². The van der Waals surface area contributed by atoms with E-state index in [9.17, 15) is 29.8 Å². The Hall–Kier alpha value is -4.90. The third kappa shape index (κ3) is 3.55. The zero-order valence-corrected chi connectivity index (χ0v) is 19.7. The van der Waals surface area contributed by atoms with Gasteiger partial charge >= 0.3 is 5.97 Å². The lowest BCUT2D eigenvalue weighted by Crippen LogP contribution is -2.37. The second kappa shape index (κ2) is 8.95. The van der Waals surface area contributed by atoms with E-state index in [0.29, 0.717) is 16.7 Å². The highest BCUT2D eigenvalue weighted by Crippen LogP contribution is 2.61. The first-order valence-electron chi connectivity index (χ1n) is 11.7. The number of nitriles is 1. The predicted molar refractivity (Wildman–Crippen MR) is 132 cm³/mol. The van der Waals surface area contributed by atoms with E-state index in [4.69, 9.17) is 4.74 Å². The number of carbonyl (C=O) groups is 3. The van der Waals surface area contributed by atoms with Crippen LogP contribution in [0.2, 0.25) is 0 Å². The molecule has 0 N–H and O–H groups in total. The lowest BCUT2D eigenvalue weighted by molar-refractivity contribution is -0.384. The van der Waals surface area contributed by atoms with E-state index >= 15 is 0 Å². The fourth-order valence-corrected chi connectivity index (χ4v) is 5.50. The van der Waals surface area contributed by atoms with Gasteiger partial charge in [-0.2, -0.15) is 5.26 Å². The Labute approximate surface area is 212 Å². The van der Waals surface area contributed by atoms with Crippen LogP contribution in [0.5, 0.6) is 0 Å². The van der Waals surface area contributed by atoms with Crippen LogP contribution in [-0.2, 0) is 9.53 Å². The summed E-state index contributed by atoms with van der Waals surface area (Å²) in [7, 11) is 0. The number of allylic oxidation sites excluding steroid dienone is 1. The monoisotopic (exact) mass is 492 g/mol. The number of ketones is 2. The summed E-state index contributed by atoms with van der Waals surface area (Å²) in [6.07, 6.45) is 1.44.